The van der Waals surface area contributed by atoms with Gasteiger partial charge in [-0.2, -0.15) is 0 Å². The monoisotopic (exact) mass is 542 g/mol. The van der Waals surface area contributed by atoms with Crippen molar-refractivity contribution >= 4 is 51.1 Å². The Kier molecular flexibility index (Phi) is 8.56. The summed E-state index contributed by atoms with van der Waals surface area (Å²) in [6.45, 7) is 8.60. The number of hydrogen-bond donors (Lipinski definition) is 1. The molecule has 1 unspecified atom stereocenters. The van der Waals surface area contributed by atoms with Gasteiger partial charge >= 0.3 is 0 Å². The maximum absolute atomic E-state index is 12.3. The van der Waals surface area contributed by atoms with Gasteiger partial charge in [0.25, 0.3) is 0 Å². The van der Waals surface area contributed by atoms with E-state index in [9.17, 15) is 8.42 Å². The van der Waals surface area contributed by atoms with Gasteiger partial charge < -0.3 is 15.0 Å². The Hall–Kier alpha value is -0.430. The van der Waals surface area contributed by atoms with Crippen LogP contribution in [0.15, 0.2) is 22.5 Å². The maximum Gasteiger partial charge on any atom is 0.193 e. The number of guanidine groups is 1. The van der Waals surface area contributed by atoms with Crippen molar-refractivity contribution in [2.24, 2.45) is 4.99 Å². The summed E-state index contributed by atoms with van der Waals surface area (Å²) in [7, 11) is -1.31. The first-order valence-electron chi connectivity index (χ1n) is 9.37. The molecule has 3 heterocycles. The van der Waals surface area contributed by atoms with Crippen molar-refractivity contribution < 1.29 is 13.2 Å². The van der Waals surface area contributed by atoms with Gasteiger partial charge in [-0.25, -0.2) is 8.42 Å². The zero-order valence-electron chi connectivity index (χ0n) is 16.8. The Balaban J connectivity index is 0.00000280. The van der Waals surface area contributed by atoms with E-state index in [-0.39, 0.29) is 35.8 Å². The molecular weight excluding hydrogens is 511 g/mol. The summed E-state index contributed by atoms with van der Waals surface area (Å²) in [6, 6.07) is 4.51. The lowest BCUT2D eigenvalue weighted by atomic mass is 10.1. The van der Waals surface area contributed by atoms with E-state index in [1.165, 1.54) is 4.88 Å². The average molecular weight is 543 g/mol. The molecule has 3 rings (SSSR count). The van der Waals surface area contributed by atoms with Crippen LogP contribution in [0, 0.1) is 0 Å². The number of aliphatic imine (C=N–C) groups is 1. The highest BCUT2D eigenvalue weighted by atomic mass is 127. The molecule has 160 valence electrons. The Morgan fingerprint density at radius 1 is 1.36 bits per heavy atom. The van der Waals surface area contributed by atoms with E-state index in [2.05, 4.69) is 37.6 Å². The molecule has 0 amide bonds. The van der Waals surface area contributed by atoms with E-state index in [0.29, 0.717) is 13.1 Å². The van der Waals surface area contributed by atoms with E-state index < -0.39 is 14.6 Å². The van der Waals surface area contributed by atoms with Crippen molar-refractivity contribution in [3.63, 3.8) is 0 Å². The fourth-order valence-corrected chi connectivity index (χ4v) is 5.85. The molecule has 2 fully saturated rings. The zero-order valence-corrected chi connectivity index (χ0v) is 20.7. The first-order chi connectivity index (χ1) is 12.8. The highest BCUT2D eigenvalue weighted by Gasteiger charge is 2.41. The predicted octanol–water partition coefficient (Wildman–Crippen LogP) is 1.82. The molecule has 2 aliphatic rings. The number of rotatable bonds is 4. The molecule has 10 heteroatoms. The standard InChI is InChI=1S/C18H30N4O3S2.HI/c1-18(2)14-22(8-12-27(18,23)24)17(19-3)20-13-15(16-5-4-11-26-16)21-6-9-25-10-7-21;/h4-5,11,15H,6-10,12-14H2,1-3H3,(H,19,20);1H. The van der Waals surface area contributed by atoms with E-state index >= 15 is 0 Å². The van der Waals surface area contributed by atoms with Crippen LogP contribution in [-0.2, 0) is 14.6 Å². The van der Waals surface area contributed by atoms with Gasteiger partial charge in [-0.15, -0.1) is 35.3 Å². The number of thiophene rings is 1. The molecule has 0 saturated carbocycles. The van der Waals surface area contributed by atoms with Crippen LogP contribution < -0.4 is 5.32 Å². The minimum Gasteiger partial charge on any atom is -0.379 e. The van der Waals surface area contributed by atoms with Crippen LogP contribution in [0.3, 0.4) is 0 Å². The van der Waals surface area contributed by atoms with Crippen molar-refractivity contribution in [2.45, 2.75) is 24.6 Å². The highest BCUT2D eigenvalue weighted by molar-refractivity contribution is 14.0. The first-order valence-corrected chi connectivity index (χ1v) is 11.9. The van der Waals surface area contributed by atoms with E-state index in [1.807, 2.05) is 0 Å². The van der Waals surface area contributed by atoms with Crippen molar-refractivity contribution in [3.05, 3.63) is 22.4 Å². The summed E-state index contributed by atoms with van der Waals surface area (Å²) in [5, 5.41) is 5.60. The van der Waals surface area contributed by atoms with Crippen LogP contribution in [-0.4, -0.2) is 87.7 Å². The molecule has 28 heavy (non-hydrogen) atoms. The smallest absolute Gasteiger partial charge is 0.193 e. The van der Waals surface area contributed by atoms with Crippen LogP contribution in [0.25, 0.3) is 0 Å². The molecule has 0 spiro atoms. The molecule has 1 N–H and O–H groups in total. The minimum atomic E-state index is -3.06. The van der Waals surface area contributed by atoms with Crippen LogP contribution in [0.2, 0.25) is 0 Å². The summed E-state index contributed by atoms with van der Waals surface area (Å²) in [6.07, 6.45) is 0. The summed E-state index contributed by atoms with van der Waals surface area (Å²) < 4.78 is 29.3. The van der Waals surface area contributed by atoms with Crippen molar-refractivity contribution in [1.82, 2.24) is 15.1 Å². The first kappa shape index (κ1) is 23.8. The Bertz CT molecular complexity index is 747. The lowest BCUT2D eigenvalue weighted by Crippen LogP contribution is -2.57. The molecule has 1 aromatic heterocycles. The third-order valence-corrected chi connectivity index (χ3v) is 8.87. The lowest BCUT2D eigenvalue weighted by molar-refractivity contribution is 0.0176. The van der Waals surface area contributed by atoms with Gasteiger partial charge in [-0.05, 0) is 25.3 Å². The Labute approximate surface area is 189 Å². The number of hydrogen-bond acceptors (Lipinski definition) is 6. The number of nitrogens with one attached hydrogen (secondary N) is 1. The second kappa shape index (κ2) is 10.1. The maximum atomic E-state index is 12.3. The second-order valence-electron chi connectivity index (χ2n) is 7.61. The van der Waals surface area contributed by atoms with E-state index in [4.69, 9.17) is 4.74 Å². The van der Waals surface area contributed by atoms with Crippen LogP contribution in [0.4, 0.5) is 0 Å². The molecule has 0 bridgehead atoms. The summed E-state index contributed by atoms with van der Waals surface area (Å²) in [5.41, 5.74) is 0. The van der Waals surface area contributed by atoms with Gasteiger partial charge in [0.15, 0.2) is 15.8 Å². The molecule has 0 radical (unpaired) electrons. The molecule has 1 atom stereocenters. The van der Waals surface area contributed by atoms with Gasteiger partial charge in [-0.3, -0.25) is 9.89 Å². The summed E-state index contributed by atoms with van der Waals surface area (Å²) >= 11 is 1.76. The molecule has 2 saturated heterocycles. The van der Waals surface area contributed by atoms with Gasteiger partial charge in [0, 0.05) is 44.6 Å². The largest absolute Gasteiger partial charge is 0.379 e. The van der Waals surface area contributed by atoms with Gasteiger partial charge in [-0.1, -0.05) is 6.07 Å². The Morgan fingerprint density at radius 2 is 2.07 bits per heavy atom. The SMILES string of the molecule is CN=C(NCC(c1cccs1)N1CCOCC1)N1CCS(=O)(=O)C(C)(C)C1.I. The van der Waals surface area contributed by atoms with E-state index in [1.54, 1.807) is 32.2 Å². The van der Waals surface area contributed by atoms with Gasteiger partial charge in [0.05, 0.1) is 29.8 Å². The van der Waals surface area contributed by atoms with Crippen LogP contribution in [0.5, 0.6) is 0 Å². The van der Waals surface area contributed by atoms with Crippen molar-refractivity contribution in [1.29, 1.82) is 0 Å². The second-order valence-corrected chi connectivity index (χ2v) is 11.3. The number of ether oxygens (including phenoxy) is 1. The fraction of sp³-hybridized carbons (Fsp3) is 0.722. The average Bonchev–Trinajstić information content (AvgIpc) is 3.16. The molecule has 0 aromatic carbocycles. The van der Waals surface area contributed by atoms with Gasteiger partial charge in [0.1, 0.15) is 0 Å². The highest BCUT2D eigenvalue weighted by Crippen LogP contribution is 2.26. The topological polar surface area (TPSA) is 74.2 Å². The lowest BCUT2D eigenvalue weighted by Gasteiger charge is -2.40. The normalized spacial score (nSPS) is 23.7. The van der Waals surface area contributed by atoms with E-state index in [0.717, 1.165) is 38.8 Å². The molecule has 2 aliphatic heterocycles. The number of nitrogens with zero attached hydrogens (tertiary/aromatic N) is 3. The summed E-state index contributed by atoms with van der Waals surface area (Å²) in [5.74, 6) is 0.936. The number of halogens is 1. The minimum absolute atomic E-state index is 0. The quantitative estimate of drug-likeness (QED) is 0.356. The Morgan fingerprint density at radius 3 is 2.64 bits per heavy atom. The predicted molar refractivity (Wildman–Crippen MR) is 126 cm³/mol. The fourth-order valence-electron chi connectivity index (χ4n) is 3.62. The molecule has 7 nitrogen and oxygen atoms in total. The van der Waals surface area contributed by atoms with Crippen molar-refractivity contribution in [2.75, 3.05) is 58.7 Å². The van der Waals surface area contributed by atoms with Crippen LogP contribution >= 0.6 is 35.3 Å². The third-order valence-electron chi connectivity index (χ3n) is 5.37. The van der Waals surface area contributed by atoms with Crippen molar-refractivity contribution in [3.8, 4) is 0 Å². The zero-order chi connectivity index (χ0) is 19.5. The number of sulfone groups is 1. The summed E-state index contributed by atoms with van der Waals surface area (Å²) in [4.78, 5) is 10.2. The number of morpholine rings is 1. The third kappa shape index (κ3) is 5.38. The van der Waals surface area contributed by atoms with Gasteiger partial charge in [0.2, 0.25) is 0 Å². The molecule has 1 aromatic rings. The van der Waals surface area contributed by atoms with Crippen LogP contribution in [0.1, 0.15) is 24.8 Å². The molecule has 0 aliphatic carbocycles. The molecular formula is C18H31IN4O3S2.